The second kappa shape index (κ2) is 9.51. The minimum absolute atomic E-state index is 0.0339. The zero-order chi connectivity index (χ0) is 21.7. The molecular weight excluding hydrogens is 393 g/mol. The van der Waals surface area contributed by atoms with Gasteiger partial charge < -0.3 is 20.7 Å². The van der Waals surface area contributed by atoms with Crippen LogP contribution in [0.25, 0.3) is 0 Å². The molecule has 2 fully saturated rings. The Bertz CT molecular complexity index is 849. The summed E-state index contributed by atoms with van der Waals surface area (Å²) in [5.74, 6) is -0.261. The molecule has 30 heavy (non-hydrogen) atoms. The van der Waals surface area contributed by atoms with Gasteiger partial charge in [-0.1, -0.05) is 0 Å². The van der Waals surface area contributed by atoms with E-state index in [2.05, 4.69) is 20.8 Å². The number of carbonyl (C=O) groups excluding carboxylic acids is 2. The van der Waals surface area contributed by atoms with E-state index in [-0.39, 0.29) is 25.0 Å². The maximum absolute atomic E-state index is 14.8. The molecule has 0 aromatic heterocycles. The van der Waals surface area contributed by atoms with Crippen LogP contribution in [0.1, 0.15) is 26.7 Å². The van der Waals surface area contributed by atoms with Gasteiger partial charge >= 0.3 is 6.09 Å². The highest BCUT2D eigenvalue weighted by molar-refractivity contribution is 5.90. The van der Waals surface area contributed by atoms with Gasteiger partial charge in [0, 0.05) is 20.0 Å². The van der Waals surface area contributed by atoms with Crippen LogP contribution in [-0.4, -0.2) is 56.2 Å². The van der Waals surface area contributed by atoms with Crippen LogP contribution in [0.4, 0.5) is 20.6 Å². The van der Waals surface area contributed by atoms with Gasteiger partial charge in [0.25, 0.3) is 0 Å². The topological polar surface area (TPSA) is 125 Å². The number of benzene rings is 1. The summed E-state index contributed by atoms with van der Waals surface area (Å²) >= 11 is 0. The van der Waals surface area contributed by atoms with E-state index in [1.165, 1.54) is 17.9 Å². The summed E-state index contributed by atoms with van der Waals surface area (Å²) in [4.78, 5) is 26.5. The van der Waals surface area contributed by atoms with Crippen molar-refractivity contribution in [2.45, 2.75) is 38.8 Å². The van der Waals surface area contributed by atoms with Crippen molar-refractivity contribution in [2.75, 3.05) is 36.0 Å². The molecule has 2 amide bonds. The van der Waals surface area contributed by atoms with Crippen molar-refractivity contribution in [3.05, 3.63) is 24.0 Å². The van der Waals surface area contributed by atoms with E-state index in [1.807, 2.05) is 4.90 Å². The van der Waals surface area contributed by atoms with E-state index in [4.69, 9.17) is 10.5 Å². The number of anilines is 2. The monoisotopic (exact) mass is 419 g/mol. The molecule has 1 aromatic carbocycles. The molecule has 162 valence electrons. The first-order valence-electron chi connectivity index (χ1n) is 9.80. The molecule has 3 N–H and O–H groups in total. The fourth-order valence-corrected chi connectivity index (χ4v) is 3.41. The number of nitrogens with zero attached hydrogens (tertiary/aromatic N) is 5. The maximum atomic E-state index is 14.8. The Kier molecular flexibility index (Phi) is 6.80. The molecule has 3 rings (SSSR count). The van der Waals surface area contributed by atoms with Gasteiger partial charge in [-0.15, -0.1) is 5.10 Å². The highest BCUT2D eigenvalue weighted by Gasteiger charge is 2.33. The third-order valence-corrected chi connectivity index (χ3v) is 4.92. The molecule has 0 saturated carbocycles. The van der Waals surface area contributed by atoms with E-state index in [0.29, 0.717) is 30.3 Å². The Morgan fingerprint density at radius 2 is 2.07 bits per heavy atom. The lowest BCUT2D eigenvalue weighted by atomic mass is 10.0. The number of amidine groups is 1. The van der Waals surface area contributed by atoms with Crippen LogP contribution in [0.15, 0.2) is 33.6 Å². The molecule has 0 bridgehead atoms. The first-order valence-corrected chi connectivity index (χ1v) is 9.80. The summed E-state index contributed by atoms with van der Waals surface area (Å²) < 4.78 is 20.0. The third kappa shape index (κ3) is 5.43. The standard InChI is InChI=1S/C19H26FN7O3/c1-12(21)23-25-24-14-5-7-26(8-6-14)18-4-3-15(9-17(18)20)27-11-16(30-19(27)29)10-22-13(2)28/h3-4,9,14,16H,5-8,10-11H2,1-2H3,(H,22,28)(H2,21,23,24). The van der Waals surface area contributed by atoms with Gasteiger partial charge in [-0.25, -0.2) is 9.18 Å². The lowest BCUT2D eigenvalue weighted by molar-refractivity contribution is -0.119. The quantitative estimate of drug-likeness (QED) is 0.316. The van der Waals surface area contributed by atoms with Crippen molar-refractivity contribution in [3.8, 4) is 0 Å². The molecular formula is C19H26FN7O3. The van der Waals surface area contributed by atoms with Crippen molar-refractivity contribution in [1.29, 1.82) is 0 Å². The molecule has 10 nitrogen and oxygen atoms in total. The van der Waals surface area contributed by atoms with Gasteiger partial charge in [0.2, 0.25) is 5.91 Å². The number of nitrogens with two attached hydrogens (primary N) is 1. The number of hydrogen-bond donors (Lipinski definition) is 2. The molecule has 0 spiro atoms. The molecule has 11 heteroatoms. The molecule has 0 aliphatic carbocycles. The molecule has 2 heterocycles. The second-order valence-electron chi connectivity index (χ2n) is 7.35. The second-order valence-corrected chi connectivity index (χ2v) is 7.35. The van der Waals surface area contributed by atoms with Crippen LogP contribution < -0.4 is 20.9 Å². The SMILES string of the molecule is CC(=O)NCC1CN(c2ccc(N3CCC(N=N/N=C(/C)N)CC3)c(F)c2)C(=O)O1. The summed E-state index contributed by atoms with van der Waals surface area (Å²) in [5.41, 5.74) is 6.32. The normalized spacial score (nSPS) is 20.7. The summed E-state index contributed by atoms with van der Waals surface area (Å²) in [6.45, 7) is 4.77. The van der Waals surface area contributed by atoms with Crippen LogP contribution in [0.2, 0.25) is 0 Å². The van der Waals surface area contributed by atoms with Gasteiger partial charge in [0.15, 0.2) is 0 Å². The molecule has 1 unspecified atom stereocenters. The lowest BCUT2D eigenvalue weighted by Gasteiger charge is -2.32. The Labute approximate surface area is 173 Å². The largest absolute Gasteiger partial charge is 0.442 e. The number of piperidine rings is 1. The van der Waals surface area contributed by atoms with E-state index >= 15 is 0 Å². The average molecular weight is 419 g/mol. The molecule has 2 aliphatic rings. The van der Waals surface area contributed by atoms with Crippen molar-refractivity contribution in [3.63, 3.8) is 0 Å². The summed E-state index contributed by atoms with van der Waals surface area (Å²) in [6.07, 6.45) is 0.434. The summed E-state index contributed by atoms with van der Waals surface area (Å²) in [6, 6.07) is 4.74. The Balaban J connectivity index is 1.60. The van der Waals surface area contributed by atoms with Crippen LogP contribution in [-0.2, 0) is 9.53 Å². The number of nitrogens with one attached hydrogen (secondary N) is 1. The first kappa shape index (κ1) is 21.5. The zero-order valence-corrected chi connectivity index (χ0v) is 17.0. The van der Waals surface area contributed by atoms with Crippen LogP contribution in [0.3, 0.4) is 0 Å². The summed E-state index contributed by atoms with van der Waals surface area (Å²) in [5, 5.41) is 14.2. The van der Waals surface area contributed by atoms with Crippen LogP contribution in [0, 0.1) is 5.82 Å². The van der Waals surface area contributed by atoms with Gasteiger partial charge in [-0.3, -0.25) is 9.69 Å². The number of cyclic esters (lactones) is 1. The van der Waals surface area contributed by atoms with Gasteiger partial charge in [-0.05, 0) is 43.2 Å². The molecule has 2 aliphatic heterocycles. The van der Waals surface area contributed by atoms with Gasteiger partial charge in [0.1, 0.15) is 17.8 Å². The Hall–Kier alpha value is -3.24. The highest BCUT2D eigenvalue weighted by atomic mass is 19.1. The van der Waals surface area contributed by atoms with Gasteiger partial charge in [0.05, 0.1) is 30.5 Å². The minimum atomic E-state index is -0.556. The summed E-state index contributed by atoms with van der Waals surface area (Å²) in [7, 11) is 0. The van der Waals surface area contributed by atoms with Crippen molar-refractivity contribution < 1.29 is 18.7 Å². The number of carbonyl (C=O) groups is 2. The average Bonchev–Trinajstić information content (AvgIpc) is 3.07. The van der Waals surface area contributed by atoms with E-state index in [0.717, 1.165) is 12.8 Å². The van der Waals surface area contributed by atoms with Gasteiger partial charge in [-0.2, -0.15) is 5.11 Å². The van der Waals surface area contributed by atoms with Crippen molar-refractivity contribution in [2.24, 2.45) is 21.2 Å². The smallest absolute Gasteiger partial charge is 0.414 e. The lowest BCUT2D eigenvalue weighted by Crippen LogP contribution is -2.36. The highest BCUT2D eigenvalue weighted by Crippen LogP contribution is 2.30. The van der Waals surface area contributed by atoms with Crippen LogP contribution in [0.5, 0.6) is 0 Å². The van der Waals surface area contributed by atoms with Crippen LogP contribution >= 0.6 is 0 Å². The van der Waals surface area contributed by atoms with Crippen molar-refractivity contribution in [1.82, 2.24) is 5.32 Å². The first-order chi connectivity index (χ1) is 14.3. The number of hydrogen-bond acceptors (Lipinski definition) is 6. The predicted molar refractivity (Wildman–Crippen MR) is 110 cm³/mol. The minimum Gasteiger partial charge on any atom is -0.442 e. The number of rotatable bonds is 6. The Morgan fingerprint density at radius 1 is 1.33 bits per heavy atom. The number of amides is 2. The fraction of sp³-hybridized carbons (Fsp3) is 0.526. The van der Waals surface area contributed by atoms with Crippen molar-refractivity contribution >= 4 is 29.2 Å². The molecule has 0 radical (unpaired) electrons. The molecule has 1 aromatic rings. The number of halogens is 1. The Morgan fingerprint density at radius 3 is 2.70 bits per heavy atom. The molecule has 1 atom stereocenters. The van der Waals surface area contributed by atoms with E-state index < -0.39 is 18.0 Å². The predicted octanol–water partition coefficient (Wildman–Crippen LogP) is 2.00. The third-order valence-electron chi connectivity index (χ3n) is 4.92. The van der Waals surface area contributed by atoms with E-state index in [9.17, 15) is 14.0 Å². The fourth-order valence-electron chi connectivity index (χ4n) is 3.41. The number of ether oxygens (including phenoxy) is 1. The maximum Gasteiger partial charge on any atom is 0.414 e. The van der Waals surface area contributed by atoms with E-state index in [1.54, 1.807) is 19.1 Å². The molecule has 2 saturated heterocycles. The zero-order valence-electron chi connectivity index (χ0n) is 17.0.